The lowest BCUT2D eigenvalue weighted by atomic mass is 10.2. The fraction of sp³-hybridized carbons (Fsp3) is 0.222. The Morgan fingerprint density at radius 1 is 0.960 bits per heavy atom. The molecule has 0 radical (unpaired) electrons. The van der Waals surface area contributed by atoms with Crippen LogP contribution in [0.3, 0.4) is 0 Å². The zero-order valence-corrected chi connectivity index (χ0v) is 15.2. The zero-order valence-electron chi connectivity index (χ0n) is 13.7. The van der Waals surface area contributed by atoms with E-state index >= 15 is 0 Å². The molecule has 25 heavy (non-hydrogen) atoms. The van der Waals surface area contributed by atoms with Crippen LogP contribution < -0.4 is 16.0 Å². The molecule has 0 bridgehead atoms. The van der Waals surface area contributed by atoms with Crippen LogP contribution in [0.1, 0.15) is 17.5 Å². The molecular weight excluding hydrogens is 361 g/mol. The van der Waals surface area contributed by atoms with Crippen molar-refractivity contribution in [3.63, 3.8) is 0 Å². The summed E-state index contributed by atoms with van der Waals surface area (Å²) in [4.78, 5) is 23.7. The number of halogens is 2. The number of hydrogen-bond donors (Lipinski definition) is 3. The SMILES string of the molecule is Cc1c(Cl)cccc1NC(=O)CCNC(=O)NCc1ccccc1Cl. The van der Waals surface area contributed by atoms with Crippen LogP contribution in [0.15, 0.2) is 42.5 Å². The Bertz CT molecular complexity index is 766. The van der Waals surface area contributed by atoms with Gasteiger partial charge in [0.25, 0.3) is 0 Å². The van der Waals surface area contributed by atoms with Gasteiger partial charge in [-0.05, 0) is 36.2 Å². The highest BCUT2D eigenvalue weighted by Crippen LogP contribution is 2.22. The second-order valence-electron chi connectivity index (χ2n) is 5.41. The van der Waals surface area contributed by atoms with Crippen molar-refractivity contribution in [2.75, 3.05) is 11.9 Å². The van der Waals surface area contributed by atoms with Gasteiger partial charge in [0, 0.05) is 35.2 Å². The zero-order chi connectivity index (χ0) is 18.2. The Labute approximate surface area is 156 Å². The van der Waals surface area contributed by atoms with E-state index in [2.05, 4.69) is 16.0 Å². The predicted octanol–water partition coefficient (Wildman–Crippen LogP) is 4.13. The van der Waals surface area contributed by atoms with Crippen LogP contribution in [0.4, 0.5) is 10.5 Å². The van der Waals surface area contributed by atoms with Crippen molar-refractivity contribution in [1.29, 1.82) is 0 Å². The fourth-order valence-corrected chi connectivity index (χ4v) is 2.50. The molecule has 0 fully saturated rings. The van der Waals surface area contributed by atoms with Gasteiger partial charge in [-0.1, -0.05) is 47.5 Å². The minimum atomic E-state index is -0.355. The number of nitrogens with one attached hydrogen (secondary N) is 3. The van der Waals surface area contributed by atoms with Crippen LogP contribution in [0.2, 0.25) is 10.0 Å². The van der Waals surface area contributed by atoms with Gasteiger partial charge in [-0.2, -0.15) is 0 Å². The van der Waals surface area contributed by atoms with Crippen molar-refractivity contribution in [3.8, 4) is 0 Å². The molecule has 0 aromatic heterocycles. The van der Waals surface area contributed by atoms with E-state index < -0.39 is 0 Å². The monoisotopic (exact) mass is 379 g/mol. The van der Waals surface area contributed by atoms with E-state index in [0.29, 0.717) is 22.3 Å². The van der Waals surface area contributed by atoms with E-state index in [4.69, 9.17) is 23.2 Å². The summed E-state index contributed by atoms with van der Waals surface area (Å²) in [6.45, 7) is 2.37. The van der Waals surface area contributed by atoms with Crippen molar-refractivity contribution < 1.29 is 9.59 Å². The Hall–Kier alpha value is -2.24. The minimum absolute atomic E-state index is 0.158. The number of urea groups is 1. The molecular formula is C18H19Cl2N3O2. The largest absolute Gasteiger partial charge is 0.338 e. The predicted molar refractivity (Wildman–Crippen MR) is 101 cm³/mol. The summed E-state index contributed by atoms with van der Waals surface area (Å²) >= 11 is 12.0. The average molecular weight is 380 g/mol. The van der Waals surface area contributed by atoms with E-state index in [1.165, 1.54) is 0 Å². The lowest BCUT2D eigenvalue weighted by molar-refractivity contribution is -0.116. The summed E-state index contributed by atoms with van der Waals surface area (Å²) < 4.78 is 0. The molecule has 0 atom stereocenters. The van der Waals surface area contributed by atoms with Crippen LogP contribution in [-0.4, -0.2) is 18.5 Å². The third-order valence-electron chi connectivity index (χ3n) is 3.58. The van der Waals surface area contributed by atoms with E-state index in [-0.39, 0.29) is 24.9 Å². The Balaban J connectivity index is 1.71. The van der Waals surface area contributed by atoms with Gasteiger partial charge >= 0.3 is 6.03 Å². The Morgan fingerprint density at radius 3 is 2.44 bits per heavy atom. The lowest BCUT2D eigenvalue weighted by Gasteiger charge is -2.11. The standard InChI is InChI=1S/C18H19Cl2N3O2/c1-12-14(19)7-4-8-16(12)23-17(24)9-10-21-18(25)22-11-13-5-2-3-6-15(13)20/h2-8H,9-11H2,1H3,(H,23,24)(H2,21,22,25). The first-order valence-corrected chi connectivity index (χ1v) is 8.53. The molecule has 132 valence electrons. The maximum Gasteiger partial charge on any atom is 0.315 e. The van der Waals surface area contributed by atoms with Gasteiger partial charge in [0.1, 0.15) is 0 Å². The summed E-state index contributed by atoms with van der Waals surface area (Å²) in [5, 5.41) is 9.30. The lowest BCUT2D eigenvalue weighted by Crippen LogP contribution is -2.36. The highest BCUT2D eigenvalue weighted by molar-refractivity contribution is 6.32. The smallest absolute Gasteiger partial charge is 0.315 e. The highest BCUT2D eigenvalue weighted by atomic mass is 35.5. The first kappa shape index (κ1) is 19.1. The van der Waals surface area contributed by atoms with Crippen molar-refractivity contribution in [3.05, 3.63) is 63.6 Å². The number of hydrogen-bond acceptors (Lipinski definition) is 2. The molecule has 3 amide bonds. The summed E-state index contributed by atoms with van der Waals surface area (Å²) in [5.74, 6) is -0.197. The summed E-state index contributed by atoms with van der Waals surface area (Å²) in [6.07, 6.45) is 0.158. The van der Waals surface area contributed by atoms with Crippen molar-refractivity contribution >= 4 is 40.8 Å². The molecule has 2 rings (SSSR count). The number of carbonyl (C=O) groups is 2. The van der Waals surface area contributed by atoms with Crippen LogP contribution in [-0.2, 0) is 11.3 Å². The molecule has 3 N–H and O–H groups in total. The van der Waals surface area contributed by atoms with Crippen molar-refractivity contribution in [2.24, 2.45) is 0 Å². The summed E-state index contributed by atoms with van der Waals surface area (Å²) in [7, 11) is 0. The van der Waals surface area contributed by atoms with Crippen LogP contribution >= 0.6 is 23.2 Å². The molecule has 0 aliphatic heterocycles. The first-order valence-electron chi connectivity index (χ1n) is 7.77. The number of anilines is 1. The number of benzene rings is 2. The Morgan fingerprint density at radius 2 is 1.68 bits per heavy atom. The highest BCUT2D eigenvalue weighted by Gasteiger charge is 2.08. The van der Waals surface area contributed by atoms with Gasteiger partial charge in [-0.25, -0.2) is 4.79 Å². The van der Waals surface area contributed by atoms with Crippen LogP contribution in [0, 0.1) is 6.92 Å². The number of rotatable bonds is 6. The number of amides is 3. The van der Waals surface area contributed by atoms with Gasteiger partial charge in [-0.3, -0.25) is 4.79 Å². The van der Waals surface area contributed by atoms with E-state index in [0.717, 1.165) is 11.1 Å². The minimum Gasteiger partial charge on any atom is -0.338 e. The van der Waals surface area contributed by atoms with Gasteiger partial charge in [-0.15, -0.1) is 0 Å². The summed E-state index contributed by atoms with van der Waals surface area (Å²) in [6, 6.07) is 12.2. The third-order valence-corrected chi connectivity index (χ3v) is 4.35. The van der Waals surface area contributed by atoms with E-state index in [1.54, 1.807) is 24.3 Å². The van der Waals surface area contributed by atoms with E-state index in [9.17, 15) is 9.59 Å². The molecule has 5 nitrogen and oxygen atoms in total. The topological polar surface area (TPSA) is 70.2 Å². The van der Waals surface area contributed by atoms with Gasteiger partial charge in [0.05, 0.1) is 0 Å². The number of carbonyl (C=O) groups excluding carboxylic acids is 2. The van der Waals surface area contributed by atoms with Crippen molar-refractivity contribution in [2.45, 2.75) is 19.9 Å². The molecule has 0 spiro atoms. The van der Waals surface area contributed by atoms with Gasteiger partial charge in [0.2, 0.25) is 5.91 Å². The maximum absolute atomic E-state index is 11.9. The normalized spacial score (nSPS) is 10.2. The van der Waals surface area contributed by atoms with Crippen molar-refractivity contribution in [1.82, 2.24) is 10.6 Å². The quantitative estimate of drug-likeness (QED) is 0.705. The molecule has 0 aliphatic rings. The fourth-order valence-electron chi connectivity index (χ4n) is 2.12. The maximum atomic E-state index is 11.9. The molecule has 0 unspecified atom stereocenters. The second kappa shape index (κ2) is 9.30. The van der Waals surface area contributed by atoms with Crippen LogP contribution in [0.25, 0.3) is 0 Å². The third kappa shape index (κ3) is 5.96. The first-order chi connectivity index (χ1) is 12.0. The van der Waals surface area contributed by atoms with E-state index in [1.807, 2.05) is 25.1 Å². The molecule has 0 heterocycles. The molecule has 0 saturated carbocycles. The van der Waals surface area contributed by atoms with Gasteiger partial charge in [0.15, 0.2) is 0 Å². The molecule has 2 aromatic carbocycles. The molecule has 0 aliphatic carbocycles. The Kier molecular flexibility index (Phi) is 7.10. The van der Waals surface area contributed by atoms with Crippen LogP contribution in [0.5, 0.6) is 0 Å². The molecule has 7 heteroatoms. The average Bonchev–Trinajstić information content (AvgIpc) is 2.58. The molecule has 2 aromatic rings. The molecule has 0 saturated heterocycles. The second-order valence-corrected chi connectivity index (χ2v) is 6.23. The summed E-state index contributed by atoms with van der Waals surface area (Å²) in [5.41, 5.74) is 2.30. The van der Waals surface area contributed by atoms with Gasteiger partial charge < -0.3 is 16.0 Å².